The van der Waals surface area contributed by atoms with E-state index in [4.69, 9.17) is 5.73 Å². The van der Waals surface area contributed by atoms with E-state index in [9.17, 15) is 4.79 Å². The fraction of sp³-hybridized carbons (Fsp3) is 0.750. The maximum Gasteiger partial charge on any atom is 0.276 e. The zero-order valence-corrected chi connectivity index (χ0v) is 12.9. The lowest BCUT2D eigenvalue weighted by atomic mass is 9.78. The molecule has 5 nitrogen and oxygen atoms in total. The molecule has 1 aromatic rings. The van der Waals surface area contributed by atoms with E-state index in [1.807, 2.05) is 0 Å². The Morgan fingerprint density at radius 1 is 1.33 bits per heavy atom. The second kappa shape index (κ2) is 6.08. The summed E-state index contributed by atoms with van der Waals surface area (Å²) in [5, 5.41) is 7.15. The molecule has 116 valence electrons. The van der Waals surface area contributed by atoms with Crippen LogP contribution in [0.2, 0.25) is 0 Å². The minimum absolute atomic E-state index is 0.0303. The molecule has 1 saturated heterocycles. The van der Waals surface area contributed by atoms with Crippen molar-refractivity contribution in [1.82, 2.24) is 15.1 Å². The minimum Gasteiger partial charge on any atom is -0.395 e. The van der Waals surface area contributed by atoms with Gasteiger partial charge >= 0.3 is 0 Å². The highest BCUT2D eigenvalue weighted by Crippen LogP contribution is 2.36. The third kappa shape index (κ3) is 2.65. The highest BCUT2D eigenvalue weighted by Gasteiger charge is 2.37. The van der Waals surface area contributed by atoms with Gasteiger partial charge in [0.25, 0.3) is 5.91 Å². The van der Waals surface area contributed by atoms with Crippen LogP contribution in [0.15, 0.2) is 0 Å². The third-order valence-electron chi connectivity index (χ3n) is 5.09. The second-order valence-electron chi connectivity index (χ2n) is 6.47. The molecular weight excluding hydrogens is 264 g/mol. The lowest BCUT2D eigenvalue weighted by Gasteiger charge is -2.43. The summed E-state index contributed by atoms with van der Waals surface area (Å²) in [6.07, 6.45) is 9.18. The van der Waals surface area contributed by atoms with Crippen LogP contribution in [0.3, 0.4) is 0 Å². The Balaban J connectivity index is 1.80. The molecule has 1 amide bonds. The van der Waals surface area contributed by atoms with Crippen molar-refractivity contribution in [3.63, 3.8) is 0 Å². The number of fused-ring (bicyclic) bond motifs is 1. The summed E-state index contributed by atoms with van der Waals surface area (Å²) in [4.78, 5) is 14.9. The van der Waals surface area contributed by atoms with Crippen molar-refractivity contribution in [3.8, 4) is 0 Å². The average molecular weight is 290 g/mol. The topological polar surface area (TPSA) is 75.0 Å². The van der Waals surface area contributed by atoms with Gasteiger partial charge in [-0.1, -0.05) is 26.2 Å². The molecule has 0 radical (unpaired) electrons. The van der Waals surface area contributed by atoms with Gasteiger partial charge in [-0.25, -0.2) is 0 Å². The van der Waals surface area contributed by atoms with E-state index in [-0.39, 0.29) is 5.91 Å². The van der Waals surface area contributed by atoms with Crippen LogP contribution >= 0.6 is 0 Å². The number of aromatic nitrogens is 2. The molecule has 3 rings (SSSR count). The number of anilines is 1. The van der Waals surface area contributed by atoms with Gasteiger partial charge in [0.05, 0.1) is 11.4 Å². The molecule has 0 bridgehead atoms. The van der Waals surface area contributed by atoms with Crippen LogP contribution in [0, 0.1) is 5.92 Å². The fourth-order valence-corrected chi connectivity index (χ4v) is 4.00. The summed E-state index contributed by atoms with van der Waals surface area (Å²) in [5.41, 5.74) is 8.01. The van der Waals surface area contributed by atoms with Gasteiger partial charge in [-0.15, -0.1) is 0 Å². The number of aryl methyl sites for hydroxylation is 1. The molecule has 5 heteroatoms. The first kappa shape index (κ1) is 14.4. The van der Waals surface area contributed by atoms with Gasteiger partial charge in [0.2, 0.25) is 0 Å². The van der Waals surface area contributed by atoms with Crippen LogP contribution in [0.4, 0.5) is 5.69 Å². The van der Waals surface area contributed by atoms with E-state index in [0.717, 1.165) is 37.9 Å². The van der Waals surface area contributed by atoms with Crippen molar-refractivity contribution >= 4 is 11.6 Å². The number of carbonyl (C=O) groups is 1. The predicted molar refractivity (Wildman–Crippen MR) is 83.0 cm³/mol. The monoisotopic (exact) mass is 290 g/mol. The second-order valence-corrected chi connectivity index (χ2v) is 6.47. The van der Waals surface area contributed by atoms with Crippen LogP contribution in [-0.2, 0) is 6.42 Å². The number of amides is 1. The summed E-state index contributed by atoms with van der Waals surface area (Å²) >= 11 is 0. The van der Waals surface area contributed by atoms with Gasteiger partial charge in [0.15, 0.2) is 5.69 Å². The first-order valence-electron chi connectivity index (χ1n) is 8.36. The number of piperidine rings is 1. The number of hydrogen-bond acceptors (Lipinski definition) is 3. The SMILES string of the molecule is CCCc1[nH]nc(C(=O)N2CCC[C@H]3CCCC[C@H]32)c1N. The highest BCUT2D eigenvalue weighted by molar-refractivity contribution is 5.97. The predicted octanol–water partition coefficient (Wildman–Crippen LogP) is 2.74. The normalized spacial score (nSPS) is 25.7. The lowest BCUT2D eigenvalue weighted by molar-refractivity contribution is 0.0386. The van der Waals surface area contributed by atoms with E-state index in [1.54, 1.807) is 0 Å². The Labute approximate surface area is 126 Å². The van der Waals surface area contributed by atoms with Crippen molar-refractivity contribution in [2.75, 3.05) is 12.3 Å². The number of nitrogens with one attached hydrogen (secondary N) is 1. The van der Waals surface area contributed by atoms with Crippen molar-refractivity contribution in [2.45, 2.75) is 64.3 Å². The van der Waals surface area contributed by atoms with Crippen LogP contribution in [-0.4, -0.2) is 33.6 Å². The number of nitrogen functional groups attached to an aromatic ring is 1. The van der Waals surface area contributed by atoms with Crippen molar-refractivity contribution in [2.24, 2.45) is 5.92 Å². The van der Waals surface area contributed by atoms with E-state index in [1.165, 1.54) is 25.7 Å². The van der Waals surface area contributed by atoms with E-state index in [2.05, 4.69) is 22.0 Å². The van der Waals surface area contributed by atoms with Gasteiger partial charge < -0.3 is 10.6 Å². The molecule has 2 fully saturated rings. The Kier molecular flexibility index (Phi) is 4.17. The van der Waals surface area contributed by atoms with Gasteiger partial charge in [0.1, 0.15) is 0 Å². The Hall–Kier alpha value is -1.52. The Morgan fingerprint density at radius 3 is 2.90 bits per heavy atom. The van der Waals surface area contributed by atoms with Crippen LogP contribution in [0.5, 0.6) is 0 Å². The maximum absolute atomic E-state index is 12.9. The summed E-state index contributed by atoms with van der Waals surface area (Å²) in [5.74, 6) is 0.717. The molecule has 2 atom stereocenters. The molecular formula is C16H26N4O. The minimum atomic E-state index is 0.0303. The molecule has 1 aliphatic carbocycles. The number of carbonyl (C=O) groups excluding carboxylic acids is 1. The average Bonchev–Trinajstić information content (AvgIpc) is 2.88. The molecule has 2 heterocycles. The van der Waals surface area contributed by atoms with Gasteiger partial charge in [-0.05, 0) is 38.0 Å². The van der Waals surface area contributed by atoms with Crippen LogP contribution in [0.25, 0.3) is 0 Å². The summed E-state index contributed by atoms with van der Waals surface area (Å²) in [7, 11) is 0. The van der Waals surface area contributed by atoms with Crippen LogP contribution < -0.4 is 5.73 Å². The molecule has 3 N–H and O–H groups in total. The standard InChI is InChI=1S/C16H26N4O/c1-2-6-12-14(17)15(19-18-12)16(21)20-10-5-8-11-7-3-4-9-13(11)20/h11,13H,2-10,17H2,1H3,(H,18,19)/t11-,13-/m1/s1. The molecule has 1 aromatic heterocycles. The fourth-order valence-electron chi connectivity index (χ4n) is 4.00. The zero-order valence-electron chi connectivity index (χ0n) is 12.9. The largest absolute Gasteiger partial charge is 0.395 e. The number of nitrogens with two attached hydrogens (primary N) is 1. The third-order valence-corrected chi connectivity index (χ3v) is 5.09. The number of likely N-dealkylation sites (tertiary alicyclic amines) is 1. The number of rotatable bonds is 3. The molecule has 2 aliphatic rings. The van der Waals surface area contributed by atoms with Crippen molar-refractivity contribution in [1.29, 1.82) is 0 Å². The molecule has 0 spiro atoms. The molecule has 0 aromatic carbocycles. The van der Waals surface area contributed by atoms with Gasteiger partial charge in [0, 0.05) is 12.6 Å². The van der Waals surface area contributed by atoms with E-state index in [0.29, 0.717) is 23.3 Å². The quantitative estimate of drug-likeness (QED) is 0.898. The van der Waals surface area contributed by atoms with Gasteiger partial charge in [-0.2, -0.15) is 5.10 Å². The van der Waals surface area contributed by atoms with Crippen LogP contribution in [0.1, 0.15) is 68.1 Å². The number of hydrogen-bond donors (Lipinski definition) is 2. The lowest BCUT2D eigenvalue weighted by Crippen LogP contribution is -2.49. The number of H-pyrrole nitrogens is 1. The first-order valence-corrected chi connectivity index (χ1v) is 8.36. The molecule has 0 unspecified atom stereocenters. The molecule has 21 heavy (non-hydrogen) atoms. The van der Waals surface area contributed by atoms with Crippen molar-refractivity contribution < 1.29 is 4.79 Å². The highest BCUT2D eigenvalue weighted by atomic mass is 16.2. The summed E-state index contributed by atoms with van der Waals surface area (Å²) < 4.78 is 0. The summed E-state index contributed by atoms with van der Waals surface area (Å²) in [6.45, 7) is 2.95. The smallest absolute Gasteiger partial charge is 0.276 e. The van der Waals surface area contributed by atoms with E-state index >= 15 is 0 Å². The van der Waals surface area contributed by atoms with Gasteiger partial charge in [-0.3, -0.25) is 9.89 Å². The molecule has 1 saturated carbocycles. The zero-order chi connectivity index (χ0) is 14.8. The molecule has 1 aliphatic heterocycles. The number of aromatic amines is 1. The first-order chi connectivity index (χ1) is 10.2. The maximum atomic E-state index is 12.9. The van der Waals surface area contributed by atoms with Crippen molar-refractivity contribution in [3.05, 3.63) is 11.4 Å². The Bertz CT molecular complexity index is 508. The Morgan fingerprint density at radius 2 is 2.10 bits per heavy atom. The van der Waals surface area contributed by atoms with E-state index < -0.39 is 0 Å². The number of nitrogens with zero attached hydrogens (tertiary/aromatic N) is 2. The summed E-state index contributed by atoms with van der Waals surface area (Å²) in [6, 6.07) is 0.408.